The highest BCUT2D eigenvalue weighted by Gasteiger charge is 2.28. The number of hydrogen-bond acceptors (Lipinski definition) is 5. The summed E-state index contributed by atoms with van der Waals surface area (Å²) in [5.74, 6) is 0.972. The Morgan fingerprint density at radius 1 is 1.36 bits per heavy atom. The quantitative estimate of drug-likeness (QED) is 0.788. The summed E-state index contributed by atoms with van der Waals surface area (Å²) in [4.78, 5) is 14.8. The van der Waals surface area contributed by atoms with Gasteiger partial charge in [-0.05, 0) is 18.9 Å². The number of nitrogens with zero attached hydrogens (tertiary/aromatic N) is 4. The molecule has 6 nitrogen and oxygen atoms in total. The number of carbonyl (C=O) groups excluding carboxylic acids is 1. The first-order valence-electron chi connectivity index (χ1n) is 7.32. The molecule has 1 aliphatic rings. The minimum Gasteiger partial charge on any atom is -0.338 e. The molecule has 7 heteroatoms. The number of H-pyrrole nitrogens is 1. The molecule has 1 amide bonds. The lowest BCUT2D eigenvalue weighted by Crippen LogP contribution is -2.39. The zero-order valence-corrected chi connectivity index (χ0v) is 12.7. The van der Waals surface area contributed by atoms with Crippen LogP contribution >= 0.6 is 11.3 Å². The van der Waals surface area contributed by atoms with Gasteiger partial charge in [-0.3, -0.25) is 4.79 Å². The SMILES string of the molecule is O=C(c1csc2ccccc12)N1CCC[C@H](c2nn[nH]n2)C1. The van der Waals surface area contributed by atoms with E-state index in [4.69, 9.17) is 0 Å². The van der Waals surface area contributed by atoms with Crippen molar-refractivity contribution in [2.24, 2.45) is 0 Å². The molecule has 2 aromatic heterocycles. The van der Waals surface area contributed by atoms with Crippen molar-refractivity contribution in [2.45, 2.75) is 18.8 Å². The lowest BCUT2D eigenvalue weighted by Gasteiger charge is -2.31. The summed E-state index contributed by atoms with van der Waals surface area (Å²) in [6.45, 7) is 1.44. The molecule has 0 saturated carbocycles. The molecule has 112 valence electrons. The van der Waals surface area contributed by atoms with Gasteiger partial charge in [-0.1, -0.05) is 23.4 Å². The molecule has 1 saturated heterocycles. The third kappa shape index (κ3) is 2.27. The normalized spacial score (nSPS) is 18.7. The fourth-order valence-electron chi connectivity index (χ4n) is 3.03. The van der Waals surface area contributed by atoms with E-state index in [1.807, 2.05) is 28.5 Å². The Labute approximate surface area is 131 Å². The summed E-state index contributed by atoms with van der Waals surface area (Å²) in [5.41, 5.74) is 0.800. The molecule has 1 aromatic carbocycles. The number of amides is 1. The van der Waals surface area contributed by atoms with Crippen LogP contribution in [-0.4, -0.2) is 44.5 Å². The van der Waals surface area contributed by atoms with Gasteiger partial charge in [0.05, 0.1) is 5.56 Å². The van der Waals surface area contributed by atoms with E-state index in [1.165, 1.54) is 0 Å². The third-order valence-electron chi connectivity index (χ3n) is 4.15. The van der Waals surface area contributed by atoms with Crippen molar-refractivity contribution < 1.29 is 4.79 Å². The van der Waals surface area contributed by atoms with Crippen LogP contribution in [0.3, 0.4) is 0 Å². The molecule has 0 bridgehead atoms. The summed E-state index contributed by atoms with van der Waals surface area (Å²) in [6.07, 6.45) is 1.96. The van der Waals surface area contributed by atoms with Gasteiger partial charge < -0.3 is 4.90 Å². The lowest BCUT2D eigenvalue weighted by molar-refractivity contribution is 0.0707. The number of carbonyl (C=O) groups is 1. The van der Waals surface area contributed by atoms with Crippen LogP contribution in [-0.2, 0) is 0 Å². The van der Waals surface area contributed by atoms with E-state index in [1.54, 1.807) is 11.3 Å². The molecule has 1 atom stereocenters. The van der Waals surface area contributed by atoms with E-state index >= 15 is 0 Å². The first-order chi connectivity index (χ1) is 10.8. The maximum absolute atomic E-state index is 12.9. The van der Waals surface area contributed by atoms with Crippen molar-refractivity contribution in [1.82, 2.24) is 25.5 Å². The van der Waals surface area contributed by atoms with E-state index in [2.05, 4.69) is 26.7 Å². The van der Waals surface area contributed by atoms with Gasteiger partial charge in [0.2, 0.25) is 0 Å². The molecule has 3 heterocycles. The van der Waals surface area contributed by atoms with Crippen LogP contribution in [0.1, 0.15) is 34.9 Å². The molecule has 0 spiro atoms. The smallest absolute Gasteiger partial charge is 0.255 e. The Morgan fingerprint density at radius 3 is 3.14 bits per heavy atom. The Bertz CT molecular complexity index is 797. The maximum atomic E-state index is 12.9. The van der Waals surface area contributed by atoms with Crippen molar-refractivity contribution in [3.05, 3.63) is 41.0 Å². The highest BCUT2D eigenvalue weighted by Crippen LogP contribution is 2.29. The van der Waals surface area contributed by atoms with Crippen molar-refractivity contribution >= 4 is 27.3 Å². The molecule has 3 aromatic rings. The largest absolute Gasteiger partial charge is 0.338 e. The highest BCUT2D eigenvalue weighted by molar-refractivity contribution is 7.17. The van der Waals surface area contributed by atoms with Gasteiger partial charge in [0.15, 0.2) is 5.82 Å². The first-order valence-corrected chi connectivity index (χ1v) is 8.20. The summed E-state index contributed by atoms with van der Waals surface area (Å²) < 4.78 is 1.15. The molecule has 0 aliphatic carbocycles. The predicted octanol–water partition coefficient (Wildman–Crippen LogP) is 2.43. The molecule has 0 radical (unpaired) electrons. The lowest BCUT2D eigenvalue weighted by atomic mass is 9.97. The minimum atomic E-state index is 0.102. The fraction of sp³-hybridized carbons (Fsp3) is 0.333. The van der Waals surface area contributed by atoms with Crippen LogP contribution in [0, 0.1) is 0 Å². The van der Waals surface area contributed by atoms with Crippen molar-refractivity contribution in [3.63, 3.8) is 0 Å². The topological polar surface area (TPSA) is 74.8 Å². The number of hydrogen-bond donors (Lipinski definition) is 1. The summed E-state index contributed by atoms with van der Waals surface area (Å²) >= 11 is 1.62. The number of aromatic amines is 1. The van der Waals surface area contributed by atoms with Crippen LogP contribution in [0.5, 0.6) is 0 Å². The van der Waals surface area contributed by atoms with Gasteiger partial charge in [0.25, 0.3) is 5.91 Å². The second-order valence-corrected chi connectivity index (χ2v) is 6.42. The van der Waals surface area contributed by atoms with Crippen LogP contribution in [0.4, 0.5) is 0 Å². The van der Waals surface area contributed by atoms with E-state index in [9.17, 15) is 4.79 Å². The molecule has 1 N–H and O–H groups in total. The van der Waals surface area contributed by atoms with Crippen LogP contribution < -0.4 is 0 Å². The van der Waals surface area contributed by atoms with Crippen LogP contribution in [0.25, 0.3) is 10.1 Å². The summed E-state index contributed by atoms with van der Waals surface area (Å²) in [6, 6.07) is 8.04. The number of fused-ring (bicyclic) bond motifs is 1. The van der Waals surface area contributed by atoms with Gasteiger partial charge >= 0.3 is 0 Å². The number of piperidine rings is 1. The van der Waals surface area contributed by atoms with E-state index < -0.39 is 0 Å². The number of likely N-dealkylation sites (tertiary alicyclic amines) is 1. The number of nitrogens with one attached hydrogen (secondary N) is 1. The Morgan fingerprint density at radius 2 is 2.27 bits per heavy atom. The molecule has 1 fully saturated rings. The monoisotopic (exact) mass is 313 g/mol. The Balaban J connectivity index is 1.60. The first kappa shape index (κ1) is 13.4. The van der Waals surface area contributed by atoms with E-state index in [0.717, 1.165) is 35.0 Å². The highest BCUT2D eigenvalue weighted by atomic mass is 32.1. The van der Waals surface area contributed by atoms with Gasteiger partial charge in [-0.2, -0.15) is 5.21 Å². The molecule has 1 aliphatic heterocycles. The minimum absolute atomic E-state index is 0.102. The maximum Gasteiger partial charge on any atom is 0.255 e. The molecule has 0 unspecified atom stereocenters. The molecule has 22 heavy (non-hydrogen) atoms. The number of tetrazole rings is 1. The number of rotatable bonds is 2. The second kappa shape index (κ2) is 5.49. The average Bonchev–Trinajstić information content (AvgIpc) is 3.24. The van der Waals surface area contributed by atoms with Gasteiger partial charge in [0, 0.05) is 34.5 Å². The standard InChI is InChI=1S/C15H15N5OS/c21-15(12-9-22-13-6-2-1-5-11(12)13)20-7-3-4-10(8-20)14-16-18-19-17-14/h1-2,5-6,9-10H,3-4,7-8H2,(H,16,17,18,19)/t10-/m0/s1. The van der Waals surface area contributed by atoms with Gasteiger partial charge in [-0.25, -0.2) is 0 Å². The van der Waals surface area contributed by atoms with E-state index in [-0.39, 0.29) is 11.8 Å². The summed E-state index contributed by atoms with van der Waals surface area (Å²) in [5, 5.41) is 17.2. The third-order valence-corrected chi connectivity index (χ3v) is 5.11. The fourth-order valence-corrected chi connectivity index (χ4v) is 3.96. The van der Waals surface area contributed by atoms with Crippen molar-refractivity contribution in [3.8, 4) is 0 Å². The number of aromatic nitrogens is 4. The van der Waals surface area contributed by atoms with E-state index in [0.29, 0.717) is 12.4 Å². The summed E-state index contributed by atoms with van der Waals surface area (Å²) in [7, 11) is 0. The molecular formula is C15H15N5OS. The predicted molar refractivity (Wildman–Crippen MR) is 83.9 cm³/mol. The Kier molecular flexibility index (Phi) is 3.34. The van der Waals surface area contributed by atoms with Gasteiger partial charge in [0.1, 0.15) is 0 Å². The van der Waals surface area contributed by atoms with Crippen LogP contribution in [0.15, 0.2) is 29.6 Å². The van der Waals surface area contributed by atoms with Gasteiger partial charge in [-0.15, -0.1) is 21.5 Å². The van der Waals surface area contributed by atoms with Crippen molar-refractivity contribution in [1.29, 1.82) is 0 Å². The molecule has 4 rings (SSSR count). The van der Waals surface area contributed by atoms with Crippen LogP contribution in [0.2, 0.25) is 0 Å². The number of benzene rings is 1. The Hall–Kier alpha value is -2.28. The average molecular weight is 313 g/mol. The van der Waals surface area contributed by atoms with Crippen molar-refractivity contribution in [2.75, 3.05) is 13.1 Å². The zero-order chi connectivity index (χ0) is 14.9. The second-order valence-electron chi connectivity index (χ2n) is 5.51. The zero-order valence-electron chi connectivity index (χ0n) is 11.9. The molecular weight excluding hydrogens is 298 g/mol. The number of thiophene rings is 1.